The van der Waals surface area contributed by atoms with Gasteiger partial charge in [0.1, 0.15) is 5.76 Å². The first-order valence-electron chi connectivity index (χ1n) is 10.4. The van der Waals surface area contributed by atoms with Crippen LogP contribution in [0.25, 0.3) is 0 Å². The smallest absolute Gasteiger partial charge is 0.243 e. The van der Waals surface area contributed by atoms with E-state index in [4.69, 9.17) is 4.42 Å². The molecule has 4 rings (SSSR count). The zero-order valence-electron chi connectivity index (χ0n) is 16.6. The van der Waals surface area contributed by atoms with Crippen LogP contribution in [-0.4, -0.2) is 42.7 Å². The Morgan fingerprint density at radius 1 is 1.07 bits per heavy atom. The van der Waals surface area contributed by atoms with Crippen LogP contribution in [0.1, 0.15) is 49.8 Å². The van der Waals surface area contributed by atoms with Crippen molar-refractivity contribution < 1.29 is 17.6 Å². The number of hydrogen-bond donors (Lipinski definition) is 0. The summed E-state index contributed by atoms with van der Waals surface area (Å²) in [7, 11) is -3.41. The number of sulfonamides is 1. The summed E-state index contributed by atoms with van der Waals surface area (Å²) in [6.45, 7) is 1.72. The van der Waals surface area contributed by atoms with E-state index in [2.05, 4.69) is 0 Å². The van der Waals surface area contributed by atoms with Crippen molar-refractivity contribution in [3.63, 3.8) is 0 Å². The second-order valence-electron chi connectivity index (χ2n) is 7.94. The maximum Gasteiger partial charge on any atom is 0.243 e. The molecule has 2 heterocycles. The lowest BCUT2D eigenvalue weighted by Crippen LogP contribution is -2.35. The van der Waals surface area contributed by atoms with Gasteiger partial charge in [0, 0.05) is 25.6 Å². The number of nitrogens with zero attached hydrogens (tertiary/aromatic N) is 2. The van der Waals surface area contributed by atoms with Crippen molar-refractivity contribution in [3.8, 4) is 0 Å². The summed E-state index contributed by atoms with van der Waals surface area (Å²) in [6.07, 6.45) is 7.69. The molecule has 1 saturated heterocycles. The molecule has 1 aromatic heterocycles. The molecule has 2 aliphatic rings. The number of carbonyl (C=O) groups excluding carboxylic acids is 1. The van der Waals surface area contributed by atoms with Crippen LogP contribution in [0.15, 0.2) is 52.0 Å². The van der Waals surface area contributed by atoms with E-state index in [-0.39, 0.29) is 5.91 Å². The number of carbonyl (C=O) groups is 1. The average Bonchev–Trinajstić information content (AvgIpc) is 3.46. The molecular weight excluding hydrogens is 388 g/mol. The molecule has 156 valence electrons. The normalized spacial score (nSPS) is 17.9. The summed E-state index contributed by atoms with van der Waals surface area (Å²) in [5.74, 6) is 0.923. The largest absolute Gasteiger partial charge is 0.467 e. The Bertz CT molecular complexity index is 912. The van der Waals surface area contributed by atoms with Crippen molar-refractivity contribution in [3.05, 3.63) is 54.0 Å². The third-order valence-electron chi connectivity index (χ3n) is 5.72. The lowest BCUT2D eigenvalue weighted by Gasteiger charge is -2.25. The highest BCUT2D eigenvalue weighted by atomic mass is 32.2. The van der Waals surface area contributed by atoms with Gasteiger partial charge in [-0.1, -0.05) is 18.6 Å². The van der Waals surface area contributed by atoms with Crippen molar-refractivity contribution in [2.24, 2.45) is 0 Å². The van der Waals surface area contributed by atoms with Gasteiger partial charge in [0.25, 0.3) is 0 Å². The van der Waals surface area contributed by atoms with Gasteiger partial charge >= 0.3 is 0 Å². The van der Waals surface area contributed by atoms with Gasteiger partial charge in [-0.15, -0.1) is 0 Å². The molecule has 7 heteroatoms. The summed E-state index contributed by atoms with van der Waals surface area (Å²) in [5.41, 5.74) is 0.977. The van der Waals surface area contributed by atoms with Crippen LogP contribution < -0.4 is 0 Å². The first-order valence-corrected chi connectivity index (χ1v) is 11.9. The lowest BCUT2D eigenvalue weighted by atomic mass is 10.1. The minimum Gasteiger partial charge on any atom is -0.467 e. The Hall–Kier alpha value is -2.12. The fourth-order valence-electron chi connectivity index (χ4n) is 3.85. The number of hydrogen-bond acceptors (Lipinski definition) is 4. The second-order valence-corrected chi connectivity index (χ2v) is 9.88. The van der Waals surface area contributed by atoms with Crippen LogP contribution in [0.3, 0.4) is 0 Å². The minimum atomic E-state index is -3.41. The molecular formula is C22H28N2O4S. The maximum atomic E-state index is 12.7. The van der Waals surface area contributed by atoms with Crippen LogP contribution in [-0.2, 0) is 27.8 Å². The second kappa shape index (κ2) is 8.71. The van der Waals surface area contributed by atoms with Crippen molar-refractivity contribution >= 4 is 15.9 Å². The van der Waals surface area contributed by atoms with Crippen LogP contribution >= 0.6 is 0 Å². The topological polar surface area (TPSA) is 70.8 Å². The van der Waals surface area contributed by atoms with Crippen molar-refractivity contribution in [1.82, 2.24) is 9.21 Å². The third-order valence-corrected chi connectivity index (χ3v) is 7.63. The Morgan fingerprint density at radius 3 is 2.41 bits per heavy atom. The van der Waals surface area contributed by atoms with E-state index >= 15 is 0 Å². The third kappa shape index (κ3) is 4.90. The summed E-state index contributed by atoms with van der Waals surface area (Å²) < 4.78 is 32.5. The van der Waals surface area contributed by atoms with Crippen LogP contribution in [0, 0.1) is 0 Å². The van der Waals surface area contributed by atoms with E-state index in [0.29, 0.717) is 43.4 Å². The molecule has 0 spiro atoms. The molecule has 1 aliphatic carbocycles. The van der Waals surface area contributed by atoms with Gasteiger partial charge in [-0.25, -0.2) is 8.42 Å². The van der Waals surface area contributed by atoms with Gasteiger partial charge in [0.15, 0.2) is 0 Å². The van der Waals surface area contributed by atoms with E-state index in [1.165, 1.54) is 0 Å². The number of piperidine rings is 1. The Kier molecular flexibility index (Phi) is 6.06. The molecule has 1 aliphatic heterocycles. The van der Waals surface area contributed by atoms with E-state index in [1.54, 1.807) is 22.7 Å². The Labute approximate surface area is 172 Å². The first kappa shape index (κ1) is 20.2. The lowest BCUT2D eigenvalue weighted by molar-refractivity contribution is -0.132. The summed E-state index contributed by atoms with van der Waals surface area (Å²) in [5, 5.41) is 0. The molecule has 1 aromatic carbocycles. The molecule has 0 N–H and O–H groups in total. The zero-order chi connectivity index (χ0) is 20.3. The molecule has 6 nitrogen and oxygen atoms in total. The highest BCUT2D eigenvalue weighted by Gasteiger charge is 2.32. The van der Waals surface area contributed by atoms with Gasteiger partial charge in [-0.2, -0.15) is 4.31 Å². The molecule has 29 heavy (non-hydrogen) atoms. The molecule has 0 unspecified atom stereocenters. The highest BCUT2D eigenvalue weighted by molar-refractivity contribution is 7.89. The van der Waals surface area contributed by atoms with E-state index in [0.717, 1.165) is 43.4 Å². The fourth-order valence-corrected chi connectivity index (χ4v) is 5.37. The molecule has 2 aromatic rings. The molecule has 0 radical (unpaired) electrons. The predicted octanol–water partition coefficient (Wildman–Crippen LogP) is 3.58. The van der Waals surface area contributed by atoms with E-state index < -0.39 is 10.0 Å². The monoisotopic (exact) mass is 416 g/mol. The van der Waals surface area contributed by atoms with Gasteiger partial charge in [0.05, 0.1) is 17.7 Å². The Balaban J connectivity index is 1.35. The van der Waals surface area contributed by atoms with Crippen LogP contribution in [0.2, 0.25) is 0 Å². The molecule has 1 saturated carbocycles. The SMILES string of the molecule is O=C(CCc1ccc(S(=O)(=O)N2CCCCC2)cc1)N(Cc1ccco1)C1CC1. The van der Waals surface area contributed by atoms with Gasteiger partial charge in [-0.3, -0.25) is 4.79 Å². The predicted molar refractivity (Wildman–Crippen MR) is 110 cm³/mol. The number of amides is 1. The van der Waals surface area contributed by atoms with E-state index in [1.807, 2.05) is 29.2 Å². The summed E-state index contributed by atoms with van der Waals surface area (Å²) >= 11 is 0. The number of benzene rings is 1. The van der Waals surface area contributed by atoms with E-state index in [9.17, 15) is 13.2 Å². The van der Waals surface area contributed by atoms with Crippen molar-refractivity contribution in [1.29, 1.82) is 0 Å². The minimum absolute atomic E-state index is 0.119. The van der Waals surface area contributed by atoms with Crippen LogP contribution in [0.4, 0.5) is 0 Å². The quantitative estimate of drug-likeness (QED) is 0.659. The average molecular weight is 417 g/mol. The van der Waals surface area contributed by atoms with Gasteiger partial charge in [-0.05, 0) is 61.9 Å². The standard InChI is InChI=1S/C22H28N2O4S/c25-22(24(19-9-10-19)17-20-5-4-16-28-20)13-8-18-6-11-21(12-7-18)29(26,27)23-14-2-1-3-15-23/h4-7,11-12,16,19H,1-3,8-10,13-15,17H2. The summed E-state index contributed by atoms with van der Waals surface area (Å²) in [4.78, 5) is 15.0. The number of rotatable bonds is 8. The molecule has 0 atom stereocenters. The van der Waals surface area contributed by atoms with Gasteiger partial charge < -0.3 is 9.32 Å². The highest BCUT2D eigenvalue weighted by Crippen LogP contribution is 2.29. The zero-order valence-corrected chi connectivity index (χ0v) is 17.4. The molecule has 1 amide bonds. The summed E-state index contributed by atoms with van der Waals surface area (Å²) in [6, 6.07) is 11.1. The molecule has 2 fully saturated rings. The van der Waals surface area contributed by atoms with Crippen molar-refractivity contribution in [2.45, 2.75) is 62.4 Å². The number of furan rings is 1. The number of aryl methyl sites for hydroxylation is 1. The van der Waals surface area contributed by atoms with Gasteiger partial charge in [0.2, 0.25) is 15.9 Å². The first-order chi connectivity index (χ1) is 14.0. The molecule has 0 bridgehead atoms. The van der Waals surface area contributed by atoms with Crippen LogP contribution in [0.5, 0.6) is 0 Å². The Morgan fingerprint density at radius 2 is 1.79 bits per heavy atom. The fraction of sp³-hybridized carbons (Fsp3) is 0.500. The maximum absolute atomic E-state index is 12.7. The van der Waals surface area contributed by atoms with Crippen molar-refractivity contribution in [2.75, 3.05) is 13.1 Å².